The second-order valence-electron chi connectivity index (χ2n) is 2.38. The molecule has 0 saturated carbocycles. The normalized spacial score (nSPS) is 7.29. The van der Waals surface area contributed by atoms with E-state index in [2.05, 4.69) is 37.4 Å². The summed E-state index contributed by atoms with van der Waals surface area (Å²) in [6.45, 7) is 5.80. The van der Waals surface area contributed by atoms with Crippen LogP contribution in [0.4, 0.5) is 0 Å². The number of rotatable bonds is 2. The topological polar surface area (TPSA) is 80.3 Å². The summed E-state index contributed by atoms with van der Waals surface area (Å²) in [6.07, 6.45) is 1.44. The van der Waals surface area contributed by atoms with E-state index < -0.39 is 11.9 Å². The molecule has 88 valence electrons. The molecule has 0 aromatic heterocycles. The Morgan fingerprint density at radius 2 is 1.29 bits per heavy atom. The Morgan fingerprint density at radius 3 is 1.41 bits per heavy atom. The number of hydrogen-bond donors (Lipinski definition) is 0. The van der Waals surface area contributed by atoms with E-state index in [9.17, 15) is 0 Å². The van der Waals surface area contributed by atoms with Crippen LogP contribution in [-0.2, 0) is 9.59 Å². The molecule has 5 heteroatoms. The fourth-order valence-electron chi connectivity index (χ4n) is 0.428. The van der Waals surface area contributed by atoms with E-state index in [4.69, 9.17) is 19.8 Å². The van der Waals surface area contributed by atoms with Gasteiger partial charge in [0.05, 0.1) is 11.9 Å². The number of benzene rings is 1. The molecule has 17 heavy (non-hydrogen) atoms. The van der Waals surface area contributed by atoms with Crippen molar-refractivity contribution in [1.82, 2.24) is 0 Å². The number of carbonyl (C=O) groups excluding carboxylic acids is 2. The van der Waals surface area contributed by atoms with Crippen molar-refractivity contribution in [3.05, 3.63) is 55.6 Å². The number of carboxylic acids is 2. The summed E-state index contributed by atoms with van der Waals surface area (Å²) >= 11 is 1.36. The van der Waals surface area contributed by atoms with Crippen LogP contribution in [0, 0.1) is 0 Å². The van der Waals surface area contributed by atoms with Crippen molar-refractivity contribution in [2.24, 2.45) is 0 Å². The minimum atomic E-state index is -1.23. The molecule has 0 amide bonds. The van der Waals surface area contributed by atoms with E-state index in [0.717, 1.165) is 12.2 Å². The molecule has 0 spiro atoms. The van der Waals surface area contributed by atoms with Gasteiger partial charge >= 0.3 is 58.3 Å². The SMILES string of the molecule is C=CC(=O)[O-].C=CC(=O)[O-].[Bi+2][c]1ccccc1. The maximum absolute atomic E-state index is 9.14. The van der Waals surface area contributed by atoms with E-state index in [-0.39, 0.29) is 0 Å². The van der Waals surface area contributed by atoms with Gasteiger partial charge in [-0.1, -0.05) is 13.2 Å². The van der Waals surface area contributed by atoms with Gasteiger partial charge in [0, 0.05) is 0 Å². The van der Waals surface area contributed by atoms with E-state index in [1.165, 1.54) is 28.0 Å². The fraction of sp³-hybridized carbons (Fsp3) is 0. The summed E-state index contributed by atoms with van der Waals surface area (Å²) in [5.74, 6) is -2.46. The maximum atomic E-state index is 9.14. The Bertz CT molecular complexity index is 342. The molecule has 4 nitrogen and oxygen atoms in total. The second kappa shape index (κ2) is 12.6. The molecular weight excluding hydrogens is 417 g/mol. The van der Waals surface area contributed by atoms with Gasteiger partial charge in [-0.25, -0.2) is 0 Å². The number of aliphatic carboxylic acids is 2. The van der Waals surface area contributed by atoms with Gasteiger partial charge in [0.15, 0.2) is 0 Å². The van der Waals surface area contributed by atoms with Crippen LogP contribution in [-0.4, -0.2) is 36.7 Å². The van der Waals surface area contributed by atoms with Crippen molar-refractivity contribution < 1.29 is 19.8 Å². The third-order valence-corrected chi connectivity index (χ3v) is 2.25. The standard InChI is InChI=1S/C6H5.2C3H4O2.Bi/c1-2-4-6-5-3-1;2*1-2-3(4)5;/h1-5H;2*2H,1H2,(H,4,5);/q;;;+2/p-2. The van der Waals surface area contributed by atoms with Crippen LogP contribution in [0.15, 0.2) is 55.6 Å². The molecule has 1 aromatic rings. The van der Waals surface area contributed by atoms with Crippen molar-refractivity contribution in [2.45, 2.75) is 0 Å². The van der Waals surface area contributed by atoms with Crippen molar-refractivity contribution in [2.75, 3.05) is 0 Å². The molecule has 0 unspecified atom stereocenters. The van der Waals surface area contributed by atoms with E-state index in [1.54, 1.807) is 0 Å². The first-order valence-corrected chi connectivity index (χ1v) is 6.08. The Balaban J connectivity index is 0. The molecule has 0 bridgehead atoms. The molecule has 0 atom stereocenters. The summed E-state index contributed by atoms with van der Waals surface area (Å²) in [4.78, 5) is 18.3. The molecular formula is C12H11BiO4. The average Bonchev–Trinajstić information content (AvgIpc) is 2.31. The molecule has 0 aliphatic rings. The zero-order valence-corrected chi connectivity index (χ0v) is 12.5. The monoisotopic (exact) mass is 428 g/mol. The molecule has 2 radical (unpaired) electrons. The zero-order chi connectivity index (χ0) is 13.7. The predicted molar refractivity (Wildman–Crippen MR) is 62.2 cm³/mol. The van der Waals surface area contributed by atoms with Crippen LogP contribution in [0.25, 0.3) is 0 Å². The van der Waals surface area contributed by atoms with E-state index in [1.807, 2.05) is 6.07 Å². The molecule has 0 saturated heterocycles. The Hall–Kier alpha value is -1.48. The van der Waals surface area contributed by atoms with Crippen molar-refractivity contribution in [3.63, 3.8) is 0 Å². The summed E-state index contributed by atoms with van der Waals surface area (Å²) in [5.41, 5.74) is 0. The Morgan fingerprint density at radius 1 is 1.00 bits per heavy atom. The van der Waals surface area contributed by atoms with Crippen LogP contribution in [0.1, 0.15) is 0 Å². The van der Waals surface area contributed by atoms with Crippen LogP contribution < -0.4 is 13.5 Å². The van der Waals surface area contributed by atoms with Crippen LogP contribution in [0.2, 0.25) is 0 Å². The molecule has 1 rings (SSSR count). The second-order valence-corrected chi connectivity index (χ2v) is 4.39. The summed E-state index contributed by atoms with van der Waals surface area (Å²) in [6, 6.07) is 10.4. The van der Waals surface area contributed by atoms with Gasteiger partial charge in [-0.2, -0.15) is 0 Å². The number of carboxylic acid groups (broad SMARTS) is 2. The predicted octanol–water partition coefficient (Wildman–Crippen LogP) is -1.67. The minimum absolute atomic E-state index is 0.722. The van der Waals surface area contributed by atoms with E-state index in [0.29, 0.717) is 0 Å². The van der Waals surface area contributed by atoms with E-state index >= 15 is 0 Å². The molecule has 0 heterocycles. The molecule has 0 fully saturated rings. The van der Waals surface area contributed by atoms with Gasteiger partial charge in [0.25, 0.3) is 0 Å². The first-order chi connectivity index (χ1) is 7.93. The summed E-state index contributed by atoms with van der Waals surface area (Å²) in [5, 5.41) is 18.3. The molecule has 0 aliphatic heterocycles. The van der Waals surface area contributed by atoms with Gasteiger partial charge < -0.3 is 19.8 Å². The molecule has 0 aliphatic carbocycles. The van der Waals surface area contributed by atoms with Gasteiger partial charge in [-0.15, -0.1) is 0 Å². The molecule has 1 aromatic carbocycles. The quantitative estimate of drug-likeness (QED) is 0.417. The Labute approximate surface area is 115 Å². The zero-order valence-electron chi connectivity index (χ0n) is 9.04. The van der Waals surface area contributed by atoms with Crippen LogP contribution in [0.3, 0.4) is 0 Å². The van der Waals surface area contributed by atoms with Gasteiger partial charge in [-0.3, -0.25) is 0 Å². The Kier molecular flexibility index (Phi) is 13.3. The summed E-state index contributed by atoms with van der Waals surface area (Å²) in [7, 11) is 0. The fourth-order valence-corrected chi connectivity index (χ4v) is 1.10. The van der Waals surface area contributed by atoms with Crippen molar-refractivity contribution in [1.29, 1.82) is 0 Å². The first-order valence-electron chi connectivity index (χ1n) is 4.34. The van der Waals surface area contributed by atoms with Crippen molar-refractivity contribution >= 4 is 39.9 Å². The first kappa shape index (κ1) is 17.9. The van der Waals surface area contributed by atoms with Gasteiger partial charge in [-0.05, 0) is 12.2 Å². The van der Waals surface area contributed by atoms with Gasteiger partial charge in [0.1, 0.15) is 0 Å². The van der Waals surface area contributed by atoms with Crippen LogP contribution >= 0.6 is 0 Å². The number of carbonyl (C=O) groups is 2. The van der Waals surface area contributed by atoms with Gasteiger partial charge in [0.2, 0.25) is 0 Å². The van der Waals surface area contributed by atoms with Crippen molar-refractivity contribution in [3.8, 4) is 0 Å². The third kappa shape index (κ3) is 20.6. The molecule has 0 N–H and O–H groups in total. The average molecular weight is 428 g/mol. The third-order valence-electron chi connectivity index (χ3n) is 1.09. The van der Waals surface area contributed by atoms with Crippen LogP contribution in [0.5, 0.6) is 0 Å². The number of hydrogen-bond acceptors (Lipinski definition) is 4. The summed E-state index contributed by atoms with van der Waals surface area (Å²) < 4.78 is 1.43.